The van der Waals surface area contributed by atoms with Crippen LogP contribution in [0.3, 0.4) is 0 Å². The van der Waals surface area contributed by atoms with Gasteiger partial charge < -0.3 is 19.4 Å². The van der Waals surface area contributed by atoms with Gasteiger partial charge in [0.05, 0.1) is 18.7 Å². The molecule has 0 unspecified atom stereocenters. The molecular formula is C16H19BrN4O2S. The summed E-state index contributed by atoms with van der Waals surface area (Å²) in [6.45, 7) is 1.82. The number of hydrogen-bond donors (Lipinski definition) is 1. The summed E-state index contributed by atoms with van der Waals surface area (Å²) in [4.78, 5) is 2.11. The predicted octanol–water partition coefficient (Wildman–Crippen LogP) is 2.98. The van der Waals surface area contributed by atoms with E-state index in [1.54, 1.807) is 7.11 Å². The summed E-state index contributed by atoms with van der Waals surface area (Å²) in [7, 11) is 1.67. The lowest BCUT2D eigenvalue weighted by Gasteiger charge is -2.24. The van der Waals surface area contributed by atoms with E-state index in [9.17, 15) is 0 Å². The molecule has 1 aromatic carbocycles. The third-order valence-electron chi connectivity index (χ3n) is 3.71. The molecule has 0 radical (unpaired) electrons. The number of ether oxygens (including phenoxy) is 1. The molecule has 2 aromatic rings. The highest BCUT2D eigenvalue weighted by Crippen LogP contribution is 2.30. The zero-order valence-electron chi connectivity index (χ0n) is 13.4. The molecule has 3 rings (SSSR count). The molecule has 1 N–H and O–H groups in total. The lowest BCUT2D eigenvalue weighted by Crippen LogP contribution is -2.41. The zero-order chi connectivity index (χ0) is 16.9. The zero-order valence-corrected chi connectivity index (χ0v) is 15.8. The number of aromatic nitrogens is 2. The van der Waals surface area contributed by atoms with E-state index in [0.29, 0.717) is 42.6 Å². The number of nitrogens with one attached hydrogen (secondary N) is 1. The Balaban J connectivity index is 1.68. The van der Waals surface area contributed by atoms with Gasteiger partial charge in [0.2, 0.25) is 11.8 Å². The molecule has 1 heterocycles. The van der Waals surface area contributed by atoms with Gasteiger partial charge in [-0.2, -0.15) is 0 Å². The van der Waals surface area contributed by atoms with Crippen molar-refractivity contribution >= 4 is 33.3 Å². The van der Waals surface area contributed by atoms with Gasteiger partial charge in [-0.1, -0.05) is 12.1 Å². The summed E-state index contributed by atoms with van der Waals surface area (Å²) in [6.07, 6.45) is 2.27. The molecule has 128 valence electrons. The molecule has 1 aliphatic carbocycles. The molecule has 1 aromatic heterocycles. The van der Waals surface area contributed by atoms with Crippen molar-refractivity contribution in [3.05, 3.63) is 34.6 Å². The topological polar surface area (TPSA) is 63.4 Å². The highest BCUT2D eigenvalue weighted by Gasteiger charge is 2.32. The van der Waals surface area contributed by atoms with Crippen LogP contribution >= 0.6 is 28.1 Å². The first-order chi connectivity index (χ1) is 11.7. The first kappa shape index (κ1) is 17.3. The number of nitrogens with zero attached hydrogens (tertiary/aromatic N) is 3. The predicted molar refractivity (Wildman–Crippen MR) is 98.5 cm³/mol. The van der Waals surface area contributed by atoms with Crippen molar-refractivity contribution in [1.82, 2.24) is 20.4 Å². The van der Waals surface area contributed by atoms with Gasteiger partial charge in [-0.15, -0.1) is 10.2 Å². The lowest BCUT2D eigenvalue weighted by atomic mass is 10.2. The second kappa shape index (κ2) is 8.04. The van der Waals surface area contributed by atoms with E-state index in [4.69, 9.17) is 21.4 Å². The van der Waals surface area contributed by atoms with E-state index >= 15 is 0 Å². The van der Waals surface area contributed by atoms with Crippen molar-refractivity contribution in [2.75, 3.05) is 20.3 Å². The second-order valence-electron chi connectivity index (χ2n) is 5.56. The number of methoxy groups -OCH3 is 1. The fraction of sp³-hybridized carbons (Fsp3) is 0.438. The van der Waals surface area contributed by atoms with Crippen molar-refractivity contribution in [3.63, 3.8) is 0 Å². The van der Waals surface area contributed by atoms with Gasteiger partial charge in [0.25, 0.3) is 0 Å². The number of rotatable bonds is 7. The minimum Gasteiger partial charge on any atom is -0.419 e. The smallest absolute Gasteiger partial charge is 0.248 e. The van der Waals surface area contributed by atoms with Crippen LogP contribution in [0.4, 0.5) is 0 Å². The van der Waals surface area contributed by atoms with Gasteiger partial charge in [-0.25, -0.2) is 0 Å². The minimum atomic E-state index is 0.450. The first-order valence-electron chi connectivity index (χ1n) is 7.79. The van der Waals surface area contributed by atoms with E-state index < -0.39 is 0 Å². The summed E-state index contributed by atoms with van der Waals surface area (Å²) >= 11 is 8.99. The van der Waals surface area contributed by atoms with Crippen LogP contribution in [0, 0.1) is 0 Å². The Hall–Kier alpha value is -1.51. The van der Waals surface area contributed by atoms with Crippen molar-refractivity contribution < 1.29 is 9.15 Å². The summed E-state index contributed by atoms with van der Waals surface area (Å²) < 4.78 is 11.8. The van der Waals surface area contributed by atoms with Gasteiger partial charge in [-0.3, -0.25) is 0 Å². The second-order valence-corrected chi connectivity index (χ2v) is 6.81. The Bertz CT molecular complexity index is 705. The number of halogens is 1. The lowest BCUT2D eigenvalue weighted by molar-refractivity contribution is 0.202. The fourth-order valence-corrected chi connectivity index (χ4v) is 3.09. The molecule has 8 heteroatoms. The Kier molecular flexibility index (Phi) is 5.80. The quantitative estimate of drug-likeness (QED) is 0.555. The molecule has 0 bridgehead atoms. The Morgan fingerprint density at radius 2 is 2.21 bits per heavy atom. The molecule has 0 spiro atoms. The summed E-state index contributed by atoms with van der Waals surface area (Å²) in [6, 6.07) is 8.23. The van der Waals surface area contributed by atoms with E-state index in [1.807, 2.05) is 24.3 Å². The van der Waals surface area contributed by atoms with E-state index in [0.717, 1.165) is 22.9 Å². The SMILES string of the molecule is COCCNC(=S)N(Cc1nnc(-c2ccccc2Br)o1)C1CC1. The molecule has 6 nitrogen and oxygen atoms in total. The number of thiocarbonyl (C=S) groups is 1. The Morgan fingerprint density at radius 1 is 1.42 bits per heavy atom. The van der Waals surface area contributed by atoms with Gasteiger partial charge in [0, 0.05) is 24.2 Å². The molecular weight excluding hydrogens is 392 g/mol. The van der Waals surface area contributed by atoms with Crippen LogP contribution in [-0.4, -0.2) is 46.5 Å². The first-order valence-corrected chi connectivity index (χ1v) is 9.00. The fourth-order valence-electron chi connectivity index (χ4n) is 2.32. The molecule has 24 heavy (non-hydrogen) atoms. The van der Waals surface area contributed by atoms with Crippen LogP contribution in [-0.2, 0) is 11.3 Å². The van der Waals surface area contributed by atoms with Crippen LogP contribution in [0.15, 0.2) is 33.2 Å². The van der Waals surface area contributed by atoms with Crippen LogP contribution in [0.25, 0.3) is 11.5 Å². The van der Waals surface area contributed by atoms with Crippen molar-refractivity contribution in [2.45, 2.75) is 25.4 Å². The van der Waals surface area contributed by atoms with Gasteiger partial charge in [-0.05, 0) is 53.1 Å². The van der Waals surface area contributed by atoms with Crippen molar-refractivity contribution in [3.8, 4) is 11.5 Å². The summed E-state index contributed by atoms with van der Waals surface area (Å²) in [5, 5.41) is 12.2. The van der Waals surface area contributed by atoms with Gasteiger partial charge in [0.1, 0.15) is 0 Å². The summed E-state index contributed by atoms with van der Waals surface area (Å²) in [5.74, 6) is 1.06. The van der Waals surface area contributed by atoms with Gasteiger partial charge >= 0.3 is 0 Å². The molecule has 1 aliphatic rings. The van der Waals surface area contributed by atoms with E-state index in [1.165, 1.54) is 0 Å². The molecule has 1 saturated carbocycles. The summed E-state index contributed by atoms with van der Waals surface area (Å²) in [5.41, 5.74) is 0.884. The maximum atomic E-state index is 5.83. The maximum absolute atomic E-state index is 5.83. The van der Waals surface area contributed by atoms with Crippen LogP contribution in [0.2, 0.25) is 0 Å². The Morgan fingerprint density at radius 3 is 2.92 bits per heavy atom. The third kappa shape index (κ3) is 4.31. The minimum absolute atomic E-state index is 0.450. The molecule has 0 aliphatic heterocycles. The van der Waals surface area contributed by atoms with Crippen molar-refractivity contribution in [2.24, 2.45) is 0 Å². The monoisotopic (exact) mass is 410 g/mol. The van der Waals surface area contributed by atoms with Gasteiger partial charge in [0.15, 0.2) is 5.11 Å². The third-order valence-corrected chi connectivity index (χ3v) is 4.78. The largest absolute Gasteiger partial charge is 0.419 e. The van der Waals surface area contributed by atoms with E-state index in [2.05, 4.69) is 36.3 Å². The molecule has 1 fully saturated rings. The molecule has 0 saturated heterocycles. The van der Waals surface area contributed by atoms with Crippen LogP contribution in [0.5, 0.6) is 0 Å². The van der Waals surface area contributed by atoms with E-state index in [-0.39, 0.29) is 0 Å². The van der Waals surface area contributed by atoms with Crippen molar-refractivity contribution in [1.29, 1.82) is 0 Å². The Labute approximate surface area is 154 Å². The van der Waals surface area contributed by atoms with Crippen LogP contribution < -0.4 is 5.32 Å². The normalized spacial score (nSPS) is 13.8. The highest BCUT2D eigenvalue weighted by molar-refractivity contribution is 9.10. The number of hydrogen-bond acceptors (Lipinski definition) is 5. The number of benzene rings is 1. The van der Waals surface area contributed by atoms with Crippen LogP contribution in [0.1, 0.15) is 18.7 Å². The standard InChI is InChI=1S/C16H19BrN4O2S/c1-22-9-8-18-16(24)21(11-6-7-11)10-14-19-20-15(23-14)12-4-2-3-5-13(12)17/h2-5,11H,6-10H2,1H3,(H,18,24). The average Bonchev–Trinajstić information content (AvgIpc) is 3.32. The maximum Gasteiger partial charge on any atom is 0.248 e. The average molecular weight is 411 g/mol. The molecule has 0 amide bonds. The molecule has 0 atom stereocenters. The highest BCUT2D eigenvalue weighted by atomic mass is 79.9.